The molecule has 0 bridgehead atoms. The lowest BCUT2D eigenvalue weighted by Crippen LogP contribution is -2.43. The Morgan fingerprint density at radius 3 is 2.84 bits per heavy atom. The Balaban J connectivity index is 2.19. The third-order valence-corrected chi connectivity index (χ3v) is 3.65. The Labute approximate surface area is 116 Å². The van der Waals surface area contributed by atoms with Crippen LogP contribution in [0.3, 0.4) is 0 Å². The summed E-state index contributed by atoms with van der Waals surface area (Å²) in [6.07, 6.45) is 1.71. The Hall–Kier alpha value is -1.82. The number of amides is 1. The van der Waals surface area contributed by atoms with Crippen molar-refractivity contribution in [3.05, 3.63) is 23.8 Å². The van der Waals surface area contributed by atoms with Crippen molar-refractivity contribution in [2.24, 2.45) is 11.7 Å². The molecule has 1 aliphatic heterocycles. The number of phenols is 2. The van der Waals surface area contributed by atoms with E-state index in [0.717, 1.165) is 12.8 Å². The van der Waals surface area contributed by atoms with Crippen LogP contribution in [0.25, 0.3) is 0 Å². The van der Waals surface area contributed by atoms with Gasteiger partial charge in [0.05, 0.1) is 10.6 Å². The minimum absolute atomic E-state index is 0.0205. The second-order valence-electron chi connectivity index (χ2n) is 4.69. The number of phenolic OH excluding ortho intramolecular Hbond substituents is 2. The molecule has 19 heavy (non-hydrogen) atoms. The van der Waals surface area contributed by atoms with E-state index in [9.17, 15) is 15.0 Å². The predicted octanol–water partition coefficient (Wildman–Crippen LogP) is 1.24. The molecule has 1 amide bonds. The smallest absolute Gasteiger partial charge is 0.257 e. The number of carbonyl (C=O) groups excluding carboxylic acids is 1. The summed E-state index contributed by atoms with van der Waals surface area (Å²) in [5, 5.41) is 19.1. The monoisotopic (exact) mass is 280 g/mol. The average molecular weight is 280 g/mol. The summed E-state index contributed by atoms with van der Waals surface area (Å²) in [5.74, 6) is -0.481. The van der Waals surface area contributed by atoms with Crippen molar-refractivity contribution in [2.75, 3.05) is 13.1 Å². The molecule has 0 saturated carbocycles. The van der Waals surface area contributed by atoms with Crippen LogP contribution >= 0.6 is 12.2 Å². The van der Waals surface area contributed by atoms with Crippen LogP contribution < -0.4 is 5.73 Å². The molecule has 1 aromatic carbocycles. The van der Waals surface area contributed by atoms with Gasteiger partial charge < -0.3 is 20.8 Å². The zero-order valence-corrected chi connectivity index (χ0v) is 11.2. The number of benzene rings is 1. The third-order valence-electron chi connectivity index (χ3n) is 3.32. The minimum atomic E-state index is -0.311. The molecule has 1 unspecified atom stereocenters. The summed E-state index contributed by atoms with van der Waals surface area (Å²) < 4.78 is 0. The molecule has 0 radical (unpaired) electrons. The highest BCUT2D eigenvalue weighted by Crippen LogP contribution is 2.26. The first-order chi connectivity index (χ1) is 8.99. The number of likely N-dealkylation sites (tertiary alicyclic amines) is 1. The van der Waals surface area contributed by atoms with Gasteiger partial charge in [-0.25, -0.2) is 0 Å². The summed E-state index contributed by atoms with van der Waals surface area (Å²) in [7, 11) is 0. The van der Waals surface area contributed by atoms with E-state index in [2.05, 4.69) is 0 Å². The van der Waals surface area contributed by atoms with Gasteiger partial charge in [-0.1, -0.05) is 12.2 Å². The van der Waals surface area contributed by atoms with Crippen LogP contribution in [0, 0.1) is 5.92 Å². The van der Waals surface area contributed by atoms with E-state index in [1.54, 1.807) is 4.90 Å². The molecule has 0 aromatic heterocycles. The molecule has 5 nitrogen and oxygen atoms in total. The van der Waals surface area contributed by atoms with Gasteiger partial charge in [0.15, 0.2) is 0 Å². The highest BCUT2D eigenvalue weighted by Gasteiger charge is 2.27. The standard InChI is InChI=1S/C13H16N2O3S/c14-12(19)8-2-1-5-15(7-8)13(18)10-6-9(16)3-4-11(10)17/h3-4,6,8,16-17H,1-2,5,7H2,(H2,14,19). The highest BCUT2D eigenvalue weighted by atomic mass is 32.1. The van der Waals surface area contributed by atoms with Gasteiger partial charge in [-0.2, -0.15) is 0 Å². The van der Waals surface area contributed by atoms with E-state index in [1.165, 1.54) is 18.2 Å². The fourth-order valence-electron chi connectivity index (χ4n) is 2.26. The molecule has 4 N–H and O–H groups in total. The van der Waals surface area contributed by atoms with Crippen LogP contribution in [0.1, 0.15) is 23.2 Å². The Morgan fingerprint density at radius 2 is 2.16 bits per heavy atom. The van der Waals surface area contributed by atoms with Gasteiger partial charge in [0.25, 0.3) is 5.91 Å². The second kappa shape index (κ2) is 5.44. The van der Waals surface area contributed by atoms with Crippen molar-refractivity contribution in [2.45, 2.75) is 12.8 Å². The number of carbonyl (C=O) groups is 1. The summed E-state index contributed by atoms with van der Waals surface area (Å²) in [5.41, 5.74) is 5.73. The van der Waals surface area contributed by atoms with Crippen molar-refractivity contribution in [1.82, 2.24) is 4.90 Å². The van der Waals surface area contributed by atoms with E-state index in [1.807, 2.05) is 0 Å². The molecule has 1 aromatic rings. The number of nitrogens with two attached hydrogens (primary N) is 1. The summed E-state index contributed by atoms with van der Waals surface area (Å²) >= 11 is 4.97. The lowest BCUT2D eigenvalue weighted by molar-refractivity contribution is 0.0700. The zero-order chi connectivity index (χ0) is 14.0. The topological polar surface area (TPSA) is 86.8 Å². The first-order valence-corrected chi connectivity index (χ1v) is 6.50. The molecule has 0 spiro atoms. The molecule has 1 aliphatic rings. The van der Waals surface area contributed by atoms with Crippen LogP contribution in [0.4, 0.5) is 0 Å². The van der Waals surface area contributed by atoms with Crippen LogP contribution in [-0.4, -0.2) is 39.1 Å². The number of thiocarbonyl (C=S) groups is 1. The van der Waals surface area contributed by atoms with Gasteiger partial charge in [-0.05, 0) is 31.0 Å². The van der Waals surface area contributed by atoms with E-state index in [4.69, 9.17) is 18.0 Å². The maximum atomic E-state index is 12.3. The van der Waals surface area contributed by atoms with Crippen LogP contribution in [-0.2, 0) is 0 Å². The first kappa shape index (κ1) is 13.6. The number of hydrogen-bond acceptors (Lipinski definition) is 4. The molecule has 1 atom stereocenters. The SMILES string of the molecule is NC(=S)C1CCCN(C(=O)c2cc(O)ccc2O)C1. The van der Waals surface area contributed by atoms with Gasteiger partial charge in [-0.3, -0.25) is 4.79 Å². The van der Waals surface area contributed by atoms with Gasteiger partial charge in [0.1, 0.15) is 11.5 Å². The number of piperidine rings is 1. The van der Waals surface area contributed by atoms with Crippen molar-refractivity contribution in [3.8, 4) is 11.5 Å². The van der Waals surface area contributed by atoms with Crippen LogP contribution in [0.15, 0.2) is 18.2 Å². The molecule has 6 heteroatoms. The quantitative estimate of drug-likeness (QED) is 0.560. The fraction of sp³-hybridized carbons (Fsp3) is 0.385. The van der Waals surface area contributed by atoms with E-state index < -0.39 is 0 Å². The predicted molar refractivity (Wildman–Crippen MR) is 75.2 cm³/mol. The summed E-state index contributed by atoms with van der Waals surface area (Å²) in [6, 6.07) is 3.90. The van der Waals surface area contributed by atoms with E-state index in [0.29, 0.717) is 18.1 Å². The lowest BCUT2D eigenvalue weighted by Gasteiger charge is -2.32. The largest absolute Gasteiger partial charge is 0.508 e. The third kappa shape index (κ3) is 2.96. The molecule has 1 heterocycles. The maximum Gasteiger partial charge on any atom is 0.257 e. The molecular formula is C13H16N2O3S. The van der Waals surface area contributed by atoms with E-state index in [-0.39, 0.29) is 28.9 Å². The molecule has 2 rings (SSSR count). The van der Waals surface area contributed by atoms with Crippen LogP contribution in [0.5, 0.6) is 11.5 Å². The van der Waals surface area contributed by atoms with Crippen molar-refractivity contribution in [1.29, 1.82) is 0 Å². The fourth-order valence-corrected chi connectivity index (χ4v) is 2.45. The van der Waals surface area contributed by atoms with Gasteiger partial charge in [0.2, 0.25) is 0 Å². The van der Waals surface area contributed by atoms with Gasteiger partial charge in [-0.15, -0.1) is 0 Å². The maximum absolute atomic E-state index is 12.3. The molecule has 102 valence electrons. The summed E-state index contributed by atoms with van der Waals surface area (Å²) in [6.45, 7) is 1.07. The Kier molecular flexibility index (Phi) is 3.90. The van der Waals surface area contributed by atoms with Crippen molar-refractivity contribution >= 4 is 23.1 Å². The second-order valence-corrected chi connectivity index (χ2v) is 5.17. The molecular weight excluding hydrogens is 264 g/mol. The van der Waals surface area contributed by atoms with Gasteiger partial charge >= 0.3 is 0 Å². The lowest BCUT2D eigenvalue weighted by atomic mass is 9.97. The minimum Gasteiger partial charge on any atom is -0.508 e. The molecule has 1 fully saturated rings. The van der Waals surface area contributed by atoms with Crippen molar-refractivity contribution < 1.29 is 15.0 Å². The molecule has 0 aliphatic carbocycles. The van der Waals surface area contributed by atoms with Gasteiger partial charge in [0, 0.05) is 19.0 Å². The van der Waals surface area contributed by atoms with E-state index >= 15 is 0 Å². The zero-order valence-electron chi connectivity index (χ0n) is 10.4. The number of rotatable bonds is 2. The highest BCUT2D eigenvalue weighted by molar-refractivity contribution is 7.80. The number of aromatic hydroxyl groups is 2. The summed E-state index contributed by atoms with van der Waals surface area (Å²) in [4.78, 5) is 14.3. The molecule has 1 saturated heterocycles. The number of nitrogens with zero attached hydrogens (tertiary/aromatic N) is 1. The van der Waals surface area contributed by atoms with Crippen molar-refractivity contribution in [3.63, 3.8) is 0 Å². The first-order valence-electron chi connectivity index (χ1n) is 6.09. The normalized spacial score (nSPS) is 19.2. The number of hydrogen-bond donors (Lipinski definition) is 3. The van der Waals surface area contributed by atoms with Crippen LogP contribution in [0.2, 0.25) is 0 Å². The Morgan fingerprint density at radius 1 is 1.42 bits per heavy atom. The Bertz CT molecular complexity index is 519. The average Bonchev–Trinajstić information content (AvgIpc) is 2.41.